The number of carbonyl (C=O) groups is 1. The number of nitrogens with zero attached hydrogens (tertiary/aromatic N) is 3. The third-order valence-electron chi connectivity index (χ3n) is 2.96. The maximum absolute atomic E-state index is 10.8. The maximum Gasteiger partial charge on any atom is 0.313 e. The highest BCUT2D eigenvalue weighted by Gasteiger charge is 2.13. The number of imidazole rings is 1. The molecular formula is C14H13N3O2S2. The van der Waals surface area contributed by atoms with Gasteiger partial charge in [0.25, 0.3) is 0 Å². The quantitative estimate of drug-likeness (QED) is 0.708. The number of fused-ring (bicyclic) bond motifs is 1. The monoisotopic (exact) mass is 319 g/mol. The van der Waals surface area contributed by atoms with Crippen molar-refractivity contribution in [3.63, 3.8) is 0 Å². The molecule has 5 nitrogen and oxygen atoms in total. The van der Waals surface area contributed by atoms with Gasteiger partial charge in [0.05, 0.1) is 5.75 Å². The lowest BCUT2D eigenvalue weighted by atomic mass is 10.3. The average Bonchev–Trinajstić information content (AvgIpc) is 3.10. The lowest BCUT2D eigenvalue weighted by molar-refractivity contribution is -0.133. The van der Waals surface area contributed by atoms with E-state index in [-0.39, 0.29) is 5.75 Å². The maximum atomic E-state index is 10.8. The van der Waals surface area contributed by atoms with Gasteiger partial charge in [-0.3, -0.25) is 4.79 Å². The number of rotatable bonds is 6. The second-order valence-electron chi connectivity index (χ2n) is 4.40. The SMILES string of the molecule is O=C(O)CSc1nc2cccnc2n1CCc1cccs1. The predicted molar refractivity (Wildman–Crippen MR) is 83.9 cm³/mol. The molecule has 0 atom stereocenters. The first kappa shape index (κ1) is 14.1. The van der Waals surface area contributed by atoms with Gasteiger partial charge < -0.3 is 9.67 Å². The summed E-state index contributed by atoms with van der Waals surface area (Å²) in [5.41, 5.74) is 1.61. The van der Waals surface area contributed by atoms with Crippen molar-refractivity contribution in [2.45, 2.75) is 18.1 Å². The lowest BCUT2D eigenvalue weighted by Crippen LogP contribution is -2.05. The molecule has 0 saturated heterocycles. The van der Waals surface area contributed by atoms with Gasteiger partial charge >= 0.3 is 5.97 Å². The van der Waals surface area contributed by atoms with Crippen LogP contribution in [0.2, 0.25) is 0 Å². The number of thioether (sulfide) groups is 1. The minimum atomic E-state index is -0.843. The Hall–Kier alpha value is -1.86. The molecule has 0 radical (unpaired) electrons. The number of aromatic nitrogens is 3. The topological polar surface area (TPSA) is 68.0 Å². The van der Waals surface area contributed by atoms with Crippen molar-refractivity contribution in [1.29, 1.82) is 0 Å². The second kappa shape index (κ2) is 6.28. The van der Waals surface area contributed by atoms with E-state index < -0.39 is 5.97 Å². The molecule has 0 amide bonds. The molecule has 0 bridgehead atoms. The summed E-state index contributed by atoms with van der Waals surface area (Å²) in [4.78, 5) is 20.9. The summed E-state index contributed by atoms with van der Waals surface area (Å²) in [6.07, 6.45) is 2.62. The molecule has 0 aromatic carbocycles. The minimum Gasteiger partial charge on any atom is -0.481 e. The number of pyridine rings is 1. The molecule has 3 aromatic heterocycles. The number of aliphatic carboxylic acids is 1. The van der Waals surface area contributed by atoms with Gasteiger partial charge in [-0.25, -0.2) is 9.97 Å². The molecule has 7 heteroatoms. The molecule has 1 N–H and O–H groups in total. The van der Waals surface area contributed by atoms with Gasteiger partial charge in [0.1, 0.15) is 5.52 Å². The Bertz CT molecular complexity index is 753. The van der Waals surface area contributed by atoms with Crippen LogP contribution in [0.15, 0.2) is 41.0 Å². The number of carboxylic acid groups (broad SMARTS) is 1. The molecule has 108 valence electrons. The predicted octanol–water partition coefficient (Wildman–Crippen LogP) is 2.91. The van der Waals surface area contributed by atoms with Crippen LogP contribution in [0.5, 0.6) is 0 Å². The summed E-state index contributed by atoms with van der Waals surface area (Å²) in [7, 11) is 0. The Balaban J connectivity index is 1.89. The molecule has 0 aliphatic heterocycles. The molecule has 0 unspecified atom stereocenters. The summed E-state index contributed by atoms with van der Waals surface area (Å²) in [6, 6.07) is 7.87. The first-order valence-electron chi connectivity index (χ1n) is 6.42. The van der Waals surface area contributed by atoms with Gasteiger partial charge in [-0.15, -0.1) is 11.3 Å². The molecule has 3 aromatic rings. The minimum absolute atomic E-state index is 0.00231. The smallest absolute Gasteiger partial charge is 0.313 e. The largest absolute Gasteiger partial charge is 0.481 e. The third kappa shape index (κ3) is 3.25. The second-order valence-corrected chi connectivity index (χ2v) is 6.38. The molecular weight excluding hydrogens is 306 g/mol. The molecule has 0 aliphatic rings. The highest BCUT2D eigenvalue weighted by atomic mass is 32.2. The van der Waals surface area contributed by atoms with Crippen molar-refractivity contribution in [2.24, 2.45) is 0 Å². The number of thiophene rings is 1. The van der Waals surface area contributed by atoms with Crippen LogP contribution in [-0.4, -0.2) is 31.4 Å². The van der Waals surface area contributed by atoms with E-state index in [1.165, 1.54) is 16.6 Å². The van der Waals surface area contributed by atoms with Crippen molar-refractivity contribution in [3.05, 3.63) is 40.7 Å². The standard InChI is InChI=1S/C14H13N3O2S2/c18-12(19)9-21-14-16-11-4-1-6-15-13(11)17(14)7-5-10-3-2-8-20-10/h1-4,6,8H,5,7,9H2,(H,18,19). The zero-order valence-corrected chi connectivity index (χ0v) is 12.7. The fourth-order valence-corrected chi connectivity index (χ4v) is 3.50. The Morgan fingerprint density at radius 2 is 2.29 bits per heavy atom. The van der Waals surface area contributed by atoms with Gasteiger partial charge in [-0.2, -0.15) is 0 Å². The molecule has 0 fully saturated rings. The Labute approximate surface area is 129 Å². The van der Waals surface area contributed by atoms with Crippen LogP contribution in [0.1, 0.15) is 4.88 Å². The van der Waals surface area contributed by atoms with E-state index in [2.05, 4.69) is 21.4 Å². The number of carboxylic acids is 1. The number of hydrogen-bond donors (Lipinski definition) is 1. The highest BCUT2D eigenvalue weighted by molar-refractivity contribution is 7.99. The molecule has 0 saturated carbocycles. The van der Waals surface area contributed by atoms with E-state index >= 15 is 0 Å². The lowest BCUT2D eigenvalue weighted by Gasteiger charge is -2.06. The molecule has 3 rings (SSSR count). The fraction of sp³-hybridized carbons (Fsp3) is 0.214. The summed E-state index contributed by atoms with van der Waals surface area (Å²) in [5, 5.41) is 11.6. The first-order chi connectivity index (χ1) is 10.2. The van der Waals surface area contributed by atoms with Crippen molar-refractivity contribution < 1.29 is 9.90 Å². The summed E-state index contributed by atoms with van der Waals surface area (Å²) < 4.78 is 2.00. The van der Waals surface area contributed by atoms with E-state index in [0.29, 0.717) is 5.16 Å². The zero-order valence-electron chi connectivity index (χ0n) is 11.1. The fourth-order valence-electron chi connectivity index (χ4n) is 2.05. The molecule has 3 heterocycles. The van der Waals surface area contributed by atoms with Gasteiger partial charge in [0.15, 0.2) is 10.8 Å². The molecule has 0 spiro atoms. The Morgan fingerprint density at radius 3 is 3.05 bits per heavy atom. The molecule has 21 heavy (non-hydrogen) atoms. The van der Waals surface area contributed by atoms with E-state index in [9.17, 15) is 4.79 Å². The summed E-state index contributed by atoms with van der Waals surface area (Å²) in [5.74, 6) is -0.840. The van der Waals surface area contributed by atoms with Gasteiger partial charge in [0.2, 0.25) is 0 Å². The van der Waals surface area contributed by atoms with Crippen LogP contribution in [0, 0.1) is 0 Å². The van der Waals surface area contributed by atoms with Crippen LogP contribution in [-0.2, 0) is 17.8 Å². The Kier molecular flexibility index (Phi) is 4.21. The number of aryl methyl sites for hydroxylation is 2. The van der Waals surface area contributed by atoms with Crippen LogP contribution in [0.4, 0.5) is 0 Å². The first-order valence-corrected chi connectivity index (χ1v) is 8.29. The normalized spacial score (nSPS) is 11.0. The van der Waals surface area contributed by atoms with E-state index in [0.717, 1.165) is 24.1 Å². The van der Waals surface area contributed by atoms with E-state index in [1.54, 1.807) is 17.5 Å². The number of hydrogen-bond acceptors (Lipinski definition) is 5. The third-order valence-corrected chi connectivity index (χ3v) is 4.85. The molecule has 0 aliphatic carbocycles. The van der Waals surface area contributed by atoms with Crippen LogP contribution in [0.25, 0.3) is 11.2 Å². The van der Waals surface area contributed by atoms with E-state index in [4.69, 9.17) is 5.11 Å². The van der Waals surface area contributed by atoms with Crippen molar-refractivity contribution in [1.82, 2.24) is 14.5 Å². The van der Waals surface area contributed by atoms with Crippen molar-refractivity contribution in [2.75, 3.05) is 5.75 Å². The summed E-state index contributed by atoms with van der Waals surface area (Å²) in [6.45, 7) is 0.746. The van der Waals surface area contributed by atoms with E-state index in [1.807, 2.05) is 22.8 Å². The van der Waals surface area contributed by atoms with Gasteiger partial charge in [0, 0.05) is 17.6 Å². The van der Waals surface area contributed by atoms with Crippen molar-refractivity contribution >= 4 is 40.2 Å². The average molecular weight is 319 g/mol. The van der Waals surface area contributed by atoms with Crippen LogP contribution in [0.3, 0.4) is 0 Å². The van der Waals surface area contributed by atoms with Crippen LogP contribution >= 0.6 is 23.1 Å². The Morgan fingerprint density at radius 1 is 1.38 bits per heavy atom. The van der Waals surface area contributed by atoms with Gasteiger partial charge in [-0.1, -0.05) is 17.8 Å². The highest BCUT2D eigenvalue weighted by Crippen LogP contribution is 2.23. The van der Waals surface area contributed by atoms with Crippen LogP contribution < -0.4 is 0 Å². The summed E-state index contributed by atoms with van der Waals surface area (Å²) >= 11 is 2.95. The zero-order chi connectivity index (χ0) is 14.7. The van der Waals surface area contributed by atoms with Gasteiger partial charge in [-0.05, 0) is 30.0 Å². The van der Waals surface area contributed by atoms with Crippen molar-refractivity contribution in [3.8, 4) is 0 Å².